The van der Waals surface area contributed by atoms with Gasteiger partial charge in [0, 0.05) is 66.4 Å². The number of nitrogens with zero attached hydrogens (tertiary/aromatic N) is 6. The van der Waals surface area contributed by atoms with Gasteiger partial charge in [-0.3, -0.25) is 9.69 Å². The van der Waals surface area contributed by atoms with Crippen LogP contribution in [0.5, 0.6) is 0 Å². The van der Waals surface area contributed by atoms with Crippen molar-refractivity contribution >= 4 is 39.1 Å². The number of hydrogen-bond acceptors (Lipinski definition) is 11. The number of aryl methyl sites for hydroxylation is 1. The van der Waals surface area contributed by atoms with E-state index in [0.717, 1.165) is 34.6 Å². The third-order valence-electron chi connectivity index (χ3n) is 7.02. The molecule has 6 heterocycles. The number of anilines is 3. The third kappa shape index (κ3) is 4.86. The second-order valence-corrected chi connectivity index (χ2v) is 10.7. The largest absolute Gasteiger partial charge is 0.439 e. The molecule has 1 aromatic carbocycles. The van der Waals surface area contributed by atoms with Gasteiger partial charge in [0.05, 0.1) is 18.9 Å². The average molecular weight is 558 g/mol. The number of ether oxygens (including phenoxy) is 2. The van der Waals surface area contributed by atoms with Gasteiger partial charge < -0.3 is 24.1 Å². The maximum absolute atomic E-state index is 12.8. The summed E-state index contributed by atoms with van der Waals surface area (Å²) in [5, 5.41) is 9.89. The van der Waals surface area contributed by atoms with E-state index in [4.69, 9.17) is 13.9 Å². The summed E-state index contributed by atoms with van der Waals surface area (Å²) in [6.07, 6.45) is 3.72. The van der Waals surface area contributed by atoms with E-state index < -0.39 is 0 Å². The highest BCUT2D eigenvalue weighted by Gasteiger charge is 2.19. The molecule has 5 aromatic rings. The van der Waals surface area contributed by atoms with Crippen LogP contribution in [0.4, 0.5) is 17.5 Å². The first-order valence-corrected chi connectivity index (χ1v) is 13.9. The fourth-order valence-electron chi connectivity index (χ4n) is 4.79. The van der Waals surface area contributed by atoms with Crippen molar-refractivity contribution in [1.29, 1.82) is 0 Å². The van der Waals surface area contributed by atoms with Crippen molar-refractivity contribution < 1.29 is 13.9 Å². The normalized spacial score (nSPS) is 15.9. The first-order chi connectivity index (χ1) is 19.6. The second-order valence-electron chi connectivity index (χ2n) is 9.77. The molecule has 0 atom stereocenters. The minimum atomic E-state index is -0.0247. The van der Waals surface area contributed by atoms with Gasteiger partial charge >= 0.3 is 0 Å². The molecule has 7 rings (SSSR count). The molecule has 0 aliphatic carbocycles. The Bertz CT molecular complexity index is 1720. The van der Waals surface area contributed by atoms with Crippen molar-refractivity contribution in [2.24, 2.45) is 0 Å². The van der Waals surface area contributed by atoms with Crippen LogP contribution < -0.4 is 15.6 Å². The predicted octanol–water partition coefficient (Wildman–Crippen LogP) is 4.13. The Hall–Kier alpha value is -4.10. The van der Waals surface area contributed by atoms with Gasteiger partial charge in [0.2, 0.25) is 11.4 Å². The van der Waals surface area contributed by atoms with Gasteiger partial charge in [0.25, 0.3) is 0 Å². The third-order valence-corrected chi connectivity index (χ3v) is 8.00. The summed E-state index contributed by atoms with van der Waals surface area (Å²) in [7, 11) is 0. The van der Waals surface area contributed by atoms with Crippen molar-refractivity contribution in [3.8, 4) is 16.9 Å². The van der Waals surface area contributed by atoms with E-state index in [0.29, 0.717) is 67.7 Å². The lowest BCUT2D eigenvalue weighted by atomic mass is 10.1. The Labute approximate surface area is 233 Å². The van der Waals surface area contributed by atoms with Crippen molar-refractivity contribution in [3.63, 3.8) is 0 Å². The molecule has 0 saturated carbocycles. The number of aromatic nitrogens is 4. The smallest absolute Gasteiger partial charge is 0.229 e. The standard InChI is InChI=1S/C28H27N7O4S/c1-18-20(13-33-16-38-17-33)14-35(32-18)24-6-7-29-28(31-24)30-21-4-2-19(3-5-21)22-15-40-27-23(36)12-25(39-26(22)27)34-8-10-37-11-9-34/h2-7,12,14-15H,8-11,13,16-17H2,1H3,(H,29,30,31). The summed E-state index contributed by atoms with van der Waals surface area (Å²) in [5.41, 5.74) is 5.39. The lowest BCUT2D eigenvalue weighted by Gasteiger charge is -2.30. The molecule has 2 aliphatic heterocycles. The van der Waals surface area contributed by atoms with Crippen LogP contribution in [0.15, 0.2) is 63.4 Å². The van der Waals surface area contributed by atoms with E-state index in [9.17, 15) is 4.79 Å². The average Bonchev–Trinajstić information content (AvgIpc) is 3.56. The molecular formula is C28H27N7O4S. The van der Waals surface area contributed by atoms with Gasteiger partial charge in [-0.15, -0.1) is 11.3 Å². The SMILES string of the molecule is Cc1nn(-c2ccnc(Nc3ccc(-c4csc5c(=O)cc(N6CCOCC6)oc45)cc3)n2)cc1CN1COC1. The molecular weight excluding hydrogens is 530 g/mol. The first-order valence-electron chi connectivity index (χ1n) is 13.0. The molecule has 4 aromatic heterocycles. The Morgan fingerprint density at radius 1 is 1.07 bits per heavy atom. The molecule has 2 aliphatic rings. The van der Waals surface area contributed by atoms with Crippen LogP contribution in [-0.4, -0.2) is 64.4 Å². The van der Waals surface area contributed by atoms with Gasteiger partial charge in [-0.1, -0.05) is 12.1 Å². The Balaban J connectivity index is 1.10. The maximum atomic E-state index is 12.8. The van der Waals surface area contributed by atoms with Gasteiger partial charge in [0.15, 0.2) is 17.3 Å². The number of hydrogen-bond donors (Lipinski definition) is 1. The van der Waals surface area contributed by atoms with Crippen LogP contribution >= 0.6 is 11.3 Å². The van der Waals surface area contributed by atoms with E-state index in [1.807, 2.05) is 48.8 Å². The van der Waals surface area contributed by atoms with Gasteiger partial charge in [-0.25, -0.2) is 9.67 Å². The maximum Gasteiger partial charge on any atom is 0.229 e. The zero-order chi connectivity index (χ0) is 27.1. The molecule has 0 radical (unpaired) electrons. The highest BCUT2D eigenvalue weighted by molar-refractivity contribution is 7.17. The van der Waals surface area contributed by atoms with Crippen molar-refractivity contribution in [3.05, 3.63) is 75.7 Å². The fraction of sp³-hybridized carbons (Fsp3) is 0.286. The number of morpholine rings is 1. The lowest BCUT2D eigenvalue weighted by molar-refractivity contribution is -0.149. The molecule has 1 N–H and O–H groups in total. The number of fused-ring (bicyclic) bond motifs is 1. The molecule has 0 unspecified atom stereocenters. The van der Waals surface area contributed by atoms with Crippen LogP contribution in [0.25, 0.3) is 27.2 Å². The molecule has 2 fully saturated rings. The van der Waals surface area contributed by atoms with Crippen LogP contribution in [0.2, 0.25) is 0 Å². The summed E-state index contributed by atoms with van der Waals surface area (Å²) in [5.74, 6) is 1.74. The highest BCUT2D eigenvalue weighted by atomic mass is 32.1. The number of benzene rings is 1. The van der Waals surface area contributed by atoms with Gasteiger partial charge in [0.1, 0.15) is 18.2 Å². The monoisotopic (exact) mass is 557 g/mol. The summed E-state index contributed by atoms with van der Waals surface area (Å²) < 4.78 is 19.3. The minimum absolute atomic E-state index is 0.0247. The van der Waals surface area contributed by atoms with Crippen LogP contribution in [-0.2, 0) is 16.0 Å². The lowest BCUT2D eigenvalue weighted by Crippen LogP contribution is -2.39. The van der Waals surface area contributed by atoms with E-state index >= 15 is 0 Å². The van der Waals surface area contributed by atoms with E-state index in [1.165, 1.54) is 11.3 Å². The number of rotatable bonds is 7. The molecule has 0 amide bonds. The summed E-state index contributed by atoms with van der Waals surface area (Å²) in [6, 6.07) is 11.3. The summed E-state index contributed by atoms with van der Waals surface area (Å²) in [6.45, 7) is 6.74. The molecule has 0 bridgehead atoms. The quantitative estimate of drug-likeness (QED) is 0.314. The van der Waals surface area contributed by atoms with Crippen LogP contribution in [0.3, 0.4) is 0 Å². The second kappa shape index (κ2) is 10.5. The number of thiophene rings is 1. The van der Waals surface area contributed by atoms with Gasteiger partial charge in [-0.05, 0) is 24.6 Å². The fourth-order valence-corrected chi connectivity index (χ4v) is 5.70. The molecule has 12 heteroatoms. The highest BCUT2D eigenvalue weighted by Crippen LogP contribution is 2.35. The summed E-state index contributed by atoms with van der Waals surface area (Å²) >= 11 is 1.41. The van der Waals surface area contributed by atoms with E-state index in [2.05, 4.69) is 30.2 Å². The minimum Gasteiger partial charge on any atom is -0.439 e. The Morgan fingerprint density at radius 3 is 2.67 bits per heavy atom. The zero-order valence-electron chi connectivity index (χ0n) is 21.9. The number of nitrogens with one attached hydrogen (secondary N) is 1. The predicted molar refractivity (Wildman–Crippen MR) is 152 cm³/mol. The van der Waals surface area contributed by atoms with Crippen molar-refractivity contribution in [1.82, 2.24) is 24.6 Å². The molecule has 2 saturated heterocycles. The van der Waals surface area contributed by atoms with Crippen molar-refractivity contribution in [2.75, 3.05) is 50.0 Å². The topological polar surface area (TPSA) is 111 Å². The van der Waals surface area contributed by atoms with E-state index in [-0.39, 0.29) is 5.43 Å². The van der Waals surface area contributed by atoms with Crippen molar-refractivity contribution in [2.45, 2.75) is 13.5 Å². The van der Waals surface area contributed by atoms with Gasteiger partial charge in [-0.2, -0.15) is 10.1 Å². The van der Waals surface area contributed by atoms with Crippen LogP contribution in [0.1, 0.15) is 11.3 Å². The zero-order valence-corrected chi connectivity index (χ0v) is 22.7. The Morgan fingerprint density at radius 2 is 1.90 bits per heavy atom. The first kappa shape index (κ1) is 24.9. The molecule has 204 valence electrons. The summed E-state index contributed by atoms with van der Waals surface area (Å²) in [4.78, 5) is 26.1. The molecule has 40 heavy (non-hydrogen) atoms. The van der Waals surface area contributed by atoms with E-state index in [1.54, 1.807) is 16.9 Å². The Kier molecular flexibility index (Phi) is 6.52. The molecule has 11 nitrogen and oxygen atoms in total. The molecule has 0 spiro atoms. The van der Waals surface area contributed by atoms with Crippen LogP contribution in [0, 0.1) is 6.92 Å².